The van der Waals surface area contributed by atoms with Crippen molar-refractivity contribution in [2.24, 2.45) is 0 Å². The number of hydrogen-bond acceptors (Lipinski definition) is 1. The first kappa shape index (κ1) is 13.9. The van der Waals surface area contributed by atoms with E-state index in [0.717, 1.165) is 33.2 Å². The van der Waals surface area contributed by atoms with Crippen molar-refractivity contribution in [3.05, 3.63) is 68.1 Å². The van der Waals surface area contributed by atoms with Gasteiger partial charge in [0.05, 0.1) is 0 Å². The van der Waals surface area contributed by atoms with Crippen LogP contribution in [0.1, 0.15) is 11.1 Å². The standard InChI is InChI=1S/C14H12BrCl2N/c15-14-6-5-13(17)7-11(14)9-18-8-10-1-3-12(16)4-2-10/h1-7,18H,8-9H2. The first-order valence-electron chi connectivity index (χ1n) is 5.54. The summed E-state index contributed by atoms with van der Waals surface area (Å²) in [4.78, 5) is 0. The predicted octanol–water partition coefficient (Wildman–Crippen LogP) is 5.05. The second kappa shape index (κ2) is 6.58. The van der Waals surface area contributed by atoms with Crippen LogP contribution >= 0.6 is 39.1 Å². The van der Waals surface area contributed by atoms with E-state index in [0.29, 0.717) is 0 Å². The summed E-state index contributed by atoms with van der Waals surface area (Å²) in [5.41, 5.74) is 2.36. The van der Waals surface area contributed by atoms with Crippen molar-refractivity contribution in [3.63, 3.8) is 0 Å². The molecule has 0 saturated carbocycles. The maximum atomic E-state index is 5.97. The van der Waals surface area contributed by atoms with Gasteiger partial charge < -0.3 is 5.32 Å². The third-order valence-corrected chi connectivity index (χ3v) is 3.83. The molecule has 2 rings (SSSR count). The molecular formula is C14H12BrCl2N. The predicted molar refractivity (Wildman–Crippen MR) is 81.1 cm³/mol. The number of rotatable bonds is 4. The van der Waals surface area contributed by atoms with E-state index in [1.54, 1.807) is 0 Å². The molecule has 0 fully saturated rings. The summed E-state index contributed by atoms with van der Waals surface area (Å²) in [6.45, 7) is 1.57. The first-order chi connectivity index (χ1) is 8.65. The van der Waals surface area contributed by atoms with Crippen molar-refractivity contribution in [1.82, 2.24) is 5.32 Å². The third kappa shape index (κ3) is 3.99. The molecule has 0 radical (unpaired) electrons. The molecule has 0 aliphatic carbocycles. The lowest BCUT2D eigenvalue weighted by Crippen LogP contribution is -2.12. The largest absolute Gasteiger partial charge is 0.309 e. The van der Waals surface area contributed by atoms with E-state index in [4.69, 9.17) is 23.2 Å². The molecule has 0 heterocycles. The Morgan fingerprint density at radius 3 is 2.28 bits per heavy atom. The van der Waals surface area contributed by atoms with Crippen LogP contribution in [0.2, 0.25) is 10.0 Å². The molecular weight excluding hydrogens is 333 g/mol. The van der Waals surface area contributed by atoms with Gasteiger partial charge in [-0.05, 0) is 41.5 Å². The zero-order chi connectivity index (χ0) is 13.0. The fourth-order valence-corrected chi connectivity index (χ4v) is 2.33. The Kier molecular flexibility index (Phi) is 5.07. The van der Waals surface area contributed by atoms with Gasteiger partial charge in [0.1, 0.15) is 0 Å². The molecule has 0 aliphatic rings. The smallest absolute Gasteiger partial charge is 0.0410 e. The second-order valence-electron chi connectivity index (χ2n) is 3.97. The summed E-state index contributed by atoms with van der Waals surface area (Å²) < 4.78 is 1.07. The lowest BCUT2D eigenvalue weighted by Gasteiger charge is -2.07. The van der Waals surface area contributed by atoms with Gasteiger partial charge in [0.25, 0.3) is 0 Å². The summed E-state index contributed by atoms with van der Waals surface area (Å²) in [5, 5.41) is 4.89. The zero-order valence-corrected chi connectivity index (χ0v) is 12.7. The van der Waals surface area contributed by atoms with Crippen molar-refractivity contribution in [2.45, 2.75) is 13.1 Å². The van der Waals surface area contributed by atoms with Crippen LogP contribution in [-0.4, -0.2) is 0 Å². The van der Waals surface area contributed by atoms with Gasteiger partial charge in [0.15, 0.2) is 0 Å². The number of benzene rings is 2. The summed E-state index contributed by atoms with van der Waals surface area (Å²) in [5.74, 6) is 0. The minimum atomic E-state index is 0.751. The van der Waals surface area contributed by atoms with Crippen LogP contribution in [0.25, 0.3) is 0 Å². The van der Waals surface area contributed by atoms with Crippen molar-refractivity contribution in [1.29, 1.82) is 0 Å². The van der Waals surface area contributed by atoms with Gasteiger partial charge in [-0.3, -0.25) is 0 Å². The van der Waals surface area contributed by atoms with Gasteiger partial charge in [0, 0.05) is 27.6 Å². The maximum Gasteiger partial charge on any atom is 0.0410 e. The van der Waals surface area contributed by atoms with Gasteiger partial charge in [0.2, 0.25) is 0 Å². The number of hydrogen-bond donors (Lipinski definition) is 1. The Bertz CT molecular complexity index is 526. The highest BCUT2D eigenvalue weighted by molar-refractivity contribution is 9.10. The quantitative estimate of drug-likeness (QED) is 0.818. The van der Waals surface area contributed by atoms with Gasteiger partial charge in [-0.15, -0.1) is 0 Å². The van der Waals surface area contributed by atoms with Gasteiger partial charge in [-0.2, -0.15) is 0 Å². The van der Waals surface area contributed by atoms with E-state index in [9.17, 15) is 0 Å². The monoisotopic (exact) mass is 343 g/mol. The van der Waals surface area contributed by atoms with E-state index in [1.807, 2.05) is 42.5 Å². The number of halogens is 3. The zero-order valence-electron chi connectivity index (χ0n) is 9.59. The van der Waals surface area contributed by atoms with Crippen molar-refractivity contribution in [2.75, 3.05) is 0 Å². The number of nitrogens with one attached hydrogen (secondary N) is 1. The highest BCUT2D eigenvalue weighted by atomic mass is 79.9. The molecule has 0 spiro atoms. The Morgan fingerprint density at radius 2 is 1.56 bits per heavy atom. The van der Waals surface area contributed by atoms with E-state index in [2.05, 4.69) is 21.2 Å². The van der Waals surface area contributed by atoms with Crippen LogP contribution in [0.5, 0.6) is 0 Å². The Labute approximate surface area is 125 Å². The average molecular weight is 345 g/mol. The second-order valence-corrected chi connectivity index (χ2v) is 5.69. The van der Waals surface area contributed by atoms with E-state index in [1.165, 1.54) is 5.56 Å². The van der Waals surface area contributed by atoms with Crippen LogP contribution in [-0.2, 0) is 13.1 Å². The van der Waals surface area contributed by atoms with Crippen molar-refractivity contribution >= 4 is 39.1 Å². The summed E-state index contributed by atoms with van der Waals surface area (Å²) in [6.07, 6.45) is 0. The fraction of sp³-hybridized carbons (Fsp3) is 0.143. The molecule has 0 amide bonds. The molecule has 4 heteroatoms. The molecule has 2 aromatic rings. The van der Waals surface area contributed by atoms with Crippen LogP contribution in [0.4, 0.5) is 0 Å². The topological polar surface area (TPSA) is 12.0 Å². The molecule has 0 saturated heterocycles. The summed E-state index contributed by atoms with van der Waals surface area (Å²) in [7, 11) is 0. The molecule has 0 bridgehead atoms. The lowest BCUT2D eigenvalue weighted by molar-refractivity contribution is 0.691. The Balaban J connectivity index is 1.92. The van der Waals surface area contributed by atoms with Crippen LogP contribution in [0, 0.1) is 0 Å². The Hall–Kier alpha value is -0.540. The Morgan fingerprint density at radius 1 is 0.889 bits per heavy atom. The summed E-state index contributed by atoms with van der Waals surface area (Å²) in [6, 6.07) is 13.6. The van der Waals surface area contributed by atoms with Gasteiger partial charge >= 0.3 is 0 Å². The molecule has 0 unspecified atom stereocenters. The maximum absolute atomic E-state index is 5.97. The van der Waals surface area contributed by atoms with Gasteiger partial charge in [-0.1, -0.05) is 51.3 Å². The van der Waals surface area contributed by atoms with E-state index in [-0.39, 0.29) is 0 Å². The third-order valence-electron chi connectivity index (χ3n) is 2.57. The van der Waals surface area contributed by atoms with Crippen molar-refractivity contribution in [3.8, 4) is 0 Å². The molecule has 2 aromatic carbocycles. The minimum absolute atomic E-state index is 0.751. The van der Waals surface area contributed by atoms with Crippen LogP contribution in [0.15, 0.2) is 46.9 Å². The van der Waals surface area contributed by atoms with Crippen molar-refractivity contribution < 1.29 is 0 Å². The molecule has 94 valence electrons. The molecule has 18 heavy (non-hydrogen) atoms. The van der Waals surface area contributed by atoms with Crippen LogP contribution < -0.4 is 5.32 Å². The highest BCUT2D eigenvalue weighted by Crippen LogP contribution is 2.21. The molecule has 0 aromatic heterocycles. The lowest BCUT2D eigenvalue weighted by atomic mass is 10.2. The van der Waals surface area contributed by atoms with E-state index >= 15 is 0 Å². The molecule has 0 atom stereocenters. The SMILES string of the molecule is Clc1ccc(CNCc2cc(Cl)ccc2Br)cc1. The molecule has 1 N–H and O–H groups in total. The molecule has 1 nitrogen and oxygen atoms in total. The van der Waals surface area contributed by atoms with E-state index < -0.39 is 0 Å². The minimum Gasteiger partial charge on any atom is -0.309 e. The highest BCUT2D eigenvalue weighted by Gasteiger charge is 2.00. The van der Waals surface area contributed by atoms with Crippen LogP contribution in [0.3, 0.4) is 0 Å². The fourth-order valence-electron chi connectivity index (χ4n) is 1.62. The first-order valence-corrected chi connectivity index (χ1v) is 7.09. The average Bonchev–Trinajstić information content (AvgIpc) is 2.36. The molecule has 0 aliphatic heterocycles. The van der Waals surface area contributed by atoms with Gasteiger partial charge in [-0.25, -0.2) is 0 Å². The normalized spacial score (nSPS) is 10.6. The summed E-state index contributed by atoms with van der Waals surface area (Å²) >= 11 is 15.3.